The summed E-state index contributed by atoms with van der Waals surface area (Å²) in [7, 11) is 0.478. The number of hydrogen-bond donors (Lipinski definition) is 3. The number of pyridine rings is 1. The number of nitrogens with zero attached hydrogens (tertiary/aromatic N) is 4. The molecule has 3 heterocycles. The van der Waals surface area contributed by atoms with E-state index in [0.717, 1.165) is 34.7 Å². The first kappa shape index (κ1) is 23.4. The van der Waals surface area contributed by atoms with Crippen LogP contribution in [0.15, 0.2) is 42.6 Å². The van der Waals surface area contributed by atoms with Gasteiger partial charge < -0.3 is 30.5 Å². The van der Waals surface area contributed by atoms with Crippen molar-refractivity contribution in [2.75, 3.05) is 26.2 Å². The maximum atomic E-state index is 7.82. The van der Waals surface area contributed by atoms with Gasteiger partial charge in [0.15, 0.2) is 0 Å². The summed E-state index contributed by atoms with van der Waals surface area (Å²) in [5, 5.41) is 11.7. The molecule has 0 aliphatic heterocycles. The molecule has 0 radical (unpaired) electrons. The maximum Gasteiger partial charge on any atom is 0.221 e. The number of aromatic nitrogens is 4. The van der Waals surface area contributed by atoms with Crippen LogP contribution in [0.4, 0.5) is 5.82 Å². The molecule has 3 aromatic rings. The molecule has 0 saturated heterocycles. The first-order valence-corrected chi connectivity index (χ1v) is 14.1. The van der Waals surface area contributed by atoms with E-state index in [2.05, 4.69) is 39.9 Å². The number of allylic oxidation sites excluding steroid dienone is 1. The van der Waals surface area contributed by atoms with Crippen molar-refractivity contribution >= 4 is 31.1 Å². The van der Waals surface area contributed by atoms with Gasteiger partial charge in [0.05, 0.1) is 19.0 Å². The summed E-state index contributed by atoms with van der Waals surface area (Å²) in [6, 6.07) is 4.88. The summed E-state index contributed by atoms with van der Waals surface area (Å²) in [5.41, 5.74) is 9.28. The minimum atomic E-state index is -1.10. The summed E-state index contributed by atoms with van der Waals surface area (Å²) in [6.07, 6.45) is 8.17. The Kier molecular flexibility index (Phi) is 7.60. The predicted molar refractivity (Wildman–Crippen MR) is 131 cm³/mol. The number of methoxy groups -OCH3 is 1. The third-order valence-corrected chi connectivity index (χ3v) is 6.65. The zero-order chi connectivity index (χ0) is 23.1. The lowest BCUT2D eigenvalue weighted by Crippen LogP contribution is -2.23. The van der Waals surface area contributed by atoms with E-state index in [9.17, 15) is 0 Å². The number of nitrogens with two attached hydrogens (primary N) is 1. The van der Waals surface area contributed by atoms with Crippen molar-refractivity contribution in [3.8, 4) is 17.0 Å². The van der Waals surface area contributed by atoms with Crippen LogP contribution < -0.4 is 15.8 Å². The lowest BCUT2D eigenvalue weighted by Gasteiger charge is -2.15. The number of rotatable bonds is 11. The zero-order valence-electron chi connectivity index (χ0n) is 19.1. The van der Waals surface area contributed by atoms with Gasteiger partial charge in [-0.3, -0.25) is 0 Å². The molecule has 0 aliphatic carbocycles. The van der Waals surface area contributed by atoms with Crippen molar-refractivity contribution in [2.24, 2.45) is 0 Å². The fourth-order valence-electron chi connectivity index (χ4n) is 3.24. The van der Waals surface area contributed by atoms with Crippen molar-refractivity contribution in [2.45, 2.75) is 32.2 Å². The molecule has 0 aromatic carbocycles. The van der Waals surface area contributed by atoms with Crippen molar-refractivity contribution in [1.29, 1.82) is 5.41 Å². The molecule has 0 saturated carbocycles. The number of anilines is 1. The highest BCUT2D eigenvalue weighted by atomic mass is 28.3. The molecule has 9 nitrogen and oxygen atoms in total. The molecule has 0 spiro atoms. The van der Waals surface area contributed by atoms with E-state index in [0.29, 0.717) is 30.6 Å². The molecule has 0 atom stereocenters. The number of ether oxygens (including phenoxy) is 2. The molecule has 0 fully saturated rings. The maximum absolute atomic E-state index is 7.82. The second kappa shape index (κ2) is 10.4. The second-order valence-electron chi connectivity index (χ2n) is 8.62. The summed E-state index contributed by atoms with van der Waals surface area (Å²) in [4.78, 5) is 12.9. The summed E-state index contributed by atoms with van der Waals surface area (Å²) in [5.74, 6) is 0.874. The SMILES string of the molecule is COc1ncccc1-c1cn(C/C(C=N)=C/NCOCC[Si](C)(C)C)c2ncnc(N)c12. The molecule has 10 heteroatoms. The van der Waals surface area contributed by atoms with E-state index in [1.54, 1.807) is 19.5 Å². The lowest BCUT2D eigenvalue weighted by molar-refractivity contribution is 0.137. The molecular formula is C22H31N7O2Si. The Hall–Kier alpha value is -3.24. The van der Waals surface area contributed by atoms with Crippen molar-refractivity contribution in [3.63, 3.8) is 0 Å². The number of hydrogen-bond acceptors (Lipinski definition) is 8. The van der Waals surface area contributed by atoms with Gasteiger partial charge in [-0.25, -0.2) is 15.0 Å². The van der Waals surface area contributed by atoms with Gasteiger partial charge in [0, 0.05) is 56.2 Å². The normalized spacial score (nSPS) is 12.2. The monoisotopic (exact) mass is 453 g/mol. The van der Waals surface area contributed by atoms with Crippen LogP contribution in [0.25, 0.3) is 22.2 Å². The quantitative estimate of drug-likeness (QED) is 0.176. The number of fused-ring (bicyclic) bond motifs is 1. The molecule has 4 N–H and O–H groups in total. The van der Waals surface area contributed by atoms with Crippen LogP contribution in [-0.4, -0.2) is 54.3 Å². The molecular weight excluding hydrogens is 422 g/mol. The van der Waals surface area contributed by atoms with Gasteiger partial charge in [-0.2, -0.15) is 0 Å². The highest BCUT2D eigenvalue weighted by molar-refractivity contribution is 6.76. The van der Waals surface area contributed by atoms with Gasteiger partial charge in [0.25, 0.3) is 0 Å². The number of nitrogen functional groups attached to an aromatic ring is 1. The Bertz CT molecular complexity index is 1110. The summed E-state index contributed by atoms with van der Waals surface area (Å²) >= 11 is 0. The topological polar surface area (TPSA) is 124 Å². The van der Waals surface area contributed by atoms with Crippen LogP contribution in [0.2, 0.25) is 25.7 Å². The molecule has 3 aromatic heterocycles. The molecule has 32 heavy (non-hydrogen) atoms. The van der Waals surface area contributed by atoms with Crippen LogP contribution in [0, 0.1) is 5.41 Å². The fraction of sp³-hybridized carbons (Fsp3) is 0.364. The van der Waals surface area contributed by atoms with E-state index < -0.39 is 8.07 Å². The number of nitrogens with one attached hydrogen (secondary N) is 2. The van der Waals surface area contributed by atoms with E-state index in [-0.39, 0.29) is 0 Å². The largest absolute Gasteiger partial charge is 0.481 e. The van der Waals surface area contributed by atoms with Gasteiger partial charge in [0.2, 0.25) is 5.88 Å². The fourth-order valence-corrected chi connectivity index (χ4v) is 4.00. The van der Waals surface area contributed by atoms with E-state index in [1.807, 2.05) is 22.9 Å². The van der Waals surface area contributed by atoms with Crippen molar-refractivity contribution in [3.05, 3.63) is 42.6 Å². The molecule has 170 valence electrons. The minimum Gasteiger partial charge on any atom is -0.481 e. The van der Waals surface area contributed by atoms with Crippen LogP contribution in [0.1, 0.15) is 0 Å². The minimum absolute atomic E-state index is 0.379. The van der Waals surface area contributed by atoms with Gasteiger partial charge in [0.1, 0.15) is 24.5 Å². The third kappa shape index (κ3) is 5.71. The Balaban J connectivity index is 1.83. The Morgan fingerprint density at radius 1 is 1.25 bits per heavy atom. The Morgan fingerprint density at radius 3 is 2.78 bits per heavy atom. The van der Waals surface area contributed by atoms with Crippen molar-refractivity contribution in [1.82, 2.24) is 24.8 Å². The second-order valence-corrected chi connectivity index (χ2v) is 14.2. The molecule has 0 aliphatic rings. The van der Waals surface area contributed by atoms with E-state index >= 15 is 0 Å². The van der Waals surface area contributed by atoms with Gasteiger partial charge in [-0.15, -0.1) is 0 Å². The lowest BCUT2D eigenvalue weighted by atomic mass is 10.1. The summed E-state index contributed by atoms with van der Waals surface area (Å²) in [6.45, 7) is 8.55. The average Bonchev–Trinajstić information content (AvgIpc) is 3.14. The molecule has 0 amide bonds. The standard InChI is InChI=1S/C22H31N7O2Si/c1-30-22-17(6-5-7-26-22)18-13-29(21-19(18)20(24)27-14-28-21)12-16(10-23)11-25-15-31-8-9-32(2,3)4/h5-7,10-11,13-14,23,25H,8-9,12,15H2,1-4H3,(H2,24,27,28)/b16-11+,23-10?. The molecule has 0 unspecified atom stereocenters. The predicted octanol–water partition coefficient (Wildman–Crippen LogP) is 3.52. The highest BCUT2D eigenvalue weighted by Crippen LogP contribution is 2.36. The smallest absolute Gasteiger partial charge is 0.221 e. The van der Waals surface area contributed by atoms with Gasteiger partial charge in [-0.05, 0) is 18.2 Å². The first-order valence-electron chi connectivity index (χ1n) is 10.4. The molecule has 0 bridgehead atoms. The van der Waals surface area contributed by atoms with Crippen LogP contribution >= 0.6 is 0 Å². The zero-order valence-corrected chi connectivity index (χ0v) is 20.1. The van der Waals surface area contributed by atoms with Crippen LogP contribution in [0.5, 0.6) is 5.88 Å². The van der Waals surface area contributed by atoms with Gasteiger partial charge in [-0.1, -0.05) is 19.6 Å². The van der Waals surface area contributed by atoms with Crippen molar-refractivity contribution < 1.29 is 9.47 Å². The van der Waals surface area contributed by atoms with Crippen LogP contribution in [-0.2, 0) is 11.3 Å². The van der Waals surface area contributed by atoms with Crippen LogP contribution in [0.3, 0.4) is 0 Å². The van der Waals surface area contributed by atoms with E-state index in [4.69, 9.17) is 20.6 Å². The van der Waals surface area contributed by atoms with E-state index in [1.165, 1.54) is 12.5 Å². The average molecular weight is 454 g/mol. The first-order chi connectivity index (χ1) is 15.3. The molecule has 3 rings (SSSR count). The van der Waals surface area contributed by atoms with Gasteiger partial charge >= 0.3 is 0 Å². The third-order valence-electron chi connectivity index (χ3n) is 4.95. The Labute approximate surface area is 189 Å². The Morgan fingerprint density at radius 2 is 2.06 bits per heavy atom. The summed E-state index contributed by atoms with van der Waals surface area (Å²) < 4.78 is 13.0. The highest BCUT2D eigenvalue weighted by Gasteiger charge is 2.18.